The largest absolute Gasteiger partial charge is 0.339 e. The Morgan fingerprint density at radius 3 is 3.00 bits per heavy atom. The van der Waals surface area contributed by atoms with Crippen LogP contribution in [0.1, 0.15) is 18.2 Å². The van der Waals surface area contributed by atoms with Gasteiger partial charge in [-0.05, 0) is 24.6 Å². The molecule has 0 aliphatic heterocycles. The van der Waals surface area contributed by atoms with Crippen molar-refractivity contribution in [2.45, 2.75) is 12.3 Å². The van der Waals surface area contributed by atoms with Crippen LogP contribution in [0.15, 0.2) is 22.7 Å². The summed E-state index contributed by atoms with van der Waals surface area (Å²) in [6.07, 6.45) is 0.745. The summed E-state index contributed by atoms with van der Waals surface area (Å²) in [4.78, 5) is 4.20. The van der Waals surface area contributed by atoms with Crippen molar-refractivity contribution in [1.29, 1.82) is 5.26 Å². The molecule has 0 N–H and O–H groups in total. The Morgan fingerprint density at radius 2 is 2.33 bits per heavy atom. The molecule has 0 amide bonds. The fourth-order valence-corrected chi connectivity index (χ4v) is 2.03. The maximum absolute atomic E-state index is 12.9. The molecule has 1 aromatic heterocycles. The van der Waals surface area contributed by atoms with E-state index < -0.39 is 5.82 Å². The van der Waals surface area contributed by atoms with Gasteiger partial charge in [0.05, 0.1) is 22.9 Å². The number of halogens is 2. The number of aromatic nitrogens is 2. The molecule has 0 saturated heterocycles. The minimum atomic E-state index is -0.417. The van der Waals surface area contributed by atoms with Crippen molar-refractivity contribution in [3.8, 4) is 17.5 Å². The van der Waals surface area contributed by atoms with Crippen LogP contribution in [-0.2, 0) is 0 Å². The Kier molecular flexibility index (Phi) is 2.53. The molecular formula is C12H7ClFN3O. The van der Waals surface area contributed by atoms with Gasteiger partial charge in [0.25, 0.3) is 0 Å². The molecule has 0 bridgehead atoms. The van der Waals surface area contributed by atoms with E-state index in [4.69, 9.17) is 21.4 Å². The van der Waals surface area contributed by atoms with Gasteiger partial charge in [0, 0.05) is 5.56 Å². The summed E-state index contributed by atoms with van der Waals surface area (Å²) in [5.74, 6) is 0.326. The molecule has 1 aliphatic carbocycles. The van der Waals surface area contributed by atoms with Crippen molar-refractivity contribution in [3.05, 3.63) is 34.9 Å². The van der Waals surface area contributed by atoms with Crippen LogP contribution in [0.3, 0.4) is 0 Å². The van der Waals surface area contributed by atoms with Gasteiger partial charge in [-0.15, -0.1) is 0 Å². The minimum Gasteiger partial charge on any atom is -0.339 e. The van der Waals surface area contributed by atoms with Crippen LogP contribution in [0, 0.1) is 23.1 Å². The summed E-state index contributed by atoms with van der Waals surface area (Å²) in [6, 6.07) is 6.13. The van der Waals surface area contributed by atoms with Gasteiger partial charge in [0.2, 0.25) is 11.7 Å². The Bertz CT molecular complexity index is 649. The summed E-state index contributed by atoms with van der Waals surface area (Å²) in [7, 11) is 0. The molecule has 3 rings (SSSR count). The number of hydrogen-bond acceptors (Lipinski definition) is 4. The molecular weight excluding hydrogens is 257 g/mol. The molecule has 6 heteroatoms. The van der Waals surface area contributed by atoms with Crippen molar-refractivity contribution in [2.24, 2.45) is 5.92 Å². The molecule has 0 radical (unpaired) electrons. The molecule has 18 heavy (non-hydrogen) atoms. The van der Waals surface area contributed by atoms with E-state index in [0.29, 0.717) is 17.3 Å². The Labute approximate surface area is 107 Å². The maximum Gasteiger partial charge on any atom is 0.231 e. The van der Waals surface area contributed by atoms with Gasteiger partial charge in [-0.25, -0.2) is 4.39 Å². The predicted molar refractivity (Wildman–Crippen MR) is 61.2 cm³/mol. The van der Waals surface area contributed by atoms with Crippen LogP contribution in [0.5, 0.6) is 0 Å². The third-order valence-corrected chi connectivity index (χ3v) is 3.20. The summed E-state index contributed by atoms with van der Waals surface area (Å²) in [5.41, 5.74) is 0.516. The predicted octanol–water partition coefficient (Wildman–Crippen LogP) is 3.16. The van der Waals surface area contributed by atoms with Crippen LogP contribution in [-0.4, -0.2) is 10.1 Å². The average Bonchev–Trinajstić information content (AvgIpc) is 2.99. The quantitative estimate of drug-likeness (QED) is 0.835. The van der Waals surface area contributed by atoms with Crippen LogP contribution >= 0.6 is 11.6 Å². The molecule has 1 heterocycles. The summed E-state index contributed by atoms with van der Waals surface area (Å²) in [5, 5.41) is 12.8. The molecule has 1 fully saturated rings. The van der Waals surface area contributed by atoms with E-state index in [1.165, 1.54) is 18.2 Å². The fourth-order valence-electron chi connectivity index (χ4n) is 1.78. The lowest BCUT2D eigenvalue weighted by molar-refractivity contribution is 0.378. The zero-order valence-electron chi connectivity index (χ0n) is 9.10. The lowest BCUT2D eigenvalue weighted by atomic mass is 10.2. The normalized spacial score (nSPS) is 21.6. The maximum atomic E-state index is 12.9. The van der Waals surface area contributed by atoms with E-state index in [1.54, 1.807) is 0 Å². The van der Waals surface area contributed by atoms with Gasteiger partial charge in [-0.1, -0.05) is 16.8 Å². The summed E-state index contributed by atoms with van der Waals surface area (Å²) in [6.45, 7) is 0. The fraction of sp³-hybridized carbons (Fsp3) is 0.250. The molecule has 1 saturated carbocycles. The van der Waals surface area contributed by atoms with E-state index >= 15 is 0 Å². The van der Waals surface area contributed by atoms with Crippen molar-refractivity contribution in [3.63, 3.8) is 0 Å². The Hall–Kier alpha value is -1.93. The minimum absolute atomic E-state index is 0.0236. The van der Waals surface area contributed by atoms with Gasteiger partial charge in [-0.2, -0.15) is 10.2 Å². The number of benzene rings is 1. The first-order chi connectivity index (χ1) is 8.69. The second-order valence-electron chi connectivity index (χ2n) is 4.16. The molecule has 2 atom stereocenters. The van der Waals surface area contributed by atoms with Crippen molar-refractivity contribution >= 4 is 11.6 Å². The van der Waals surface area contributed by atoms with Gasteiger partial charge in [0.1, 0.15) is 5.82 Å². The molecule has 1 aliphatic rings. The lowest BCUT2D eigenvalue weighted by Crippen LogP contribution is -1.85. The van der Waals surface area contributed by atoms with Crippen LogP contribution in [0.2, 0.25) is 5.02 Å². The first-order valence-corrected chi connectivity index (χ1v) is 5.75. The highest BCUT2D eigenvalue weighted by Crippen LogP contribution is 2.46. The zero-order chi connectivity index (χ0) is 12.7. The Morgan fingerprint density at radius 1 is 1.50 bits per heavy atom. The summed E-state index contributed by atoms with van der Waals surface area (Å²) < 4.78 is 18.0. The summed E-state index contributed by atoms with van der Waals surface area (Å²) >= 11 is 5.91. The molecule has 2 aromatic rings. The van der Waals surface area contributed by atoms with Gasteiger partial charge >= 0.3 is 0 Å². The van der Waals surface area contributed by atoms with Crippen LogP contribution in [0.4, 0.5) is 4.39 Å². The number of nitrogens with zero attached hydrogens (tertiary/aromatic N) is 3. The van der Waals surface area contributed by atoms with E-state index in [1.807, 2.05) is 0 Å². The van der Waals surface area contributed by atoms with E-state index in [2.05, 4.69) is 16.2 Å². The lowest BCUT2D eigenvalue weighted by Gasteiger charge is -1.97. The van der Waals surface area contributed by atoms with E-state index in [0.717, 1.165) is 6.42 Å². The molecule has 4 nitrogen and oxygen atoms in total. The third kappa shape index (κ3) is 1.85. The topological polar surface area (TPSA) is 62.7 Å². The van der Waals surface area contributed by atoms with E-state index in [-0.39, 0.29) is 16.9 Å². The third-order valence-electron chi connectivity index (χ3n) is 2.89. The van der Waals surface area contributed by atoms with Crippen molar-refractivity contribution < 1.29 is 8.91 Å². The molecule has 90 valence electrons. The smallest absolute Gasteiger partial charge is 0.231 e. The van der Waals surface area contributed by atoms with Crippen molar-refractivity contribution in [2.75, 3.05) is 0 Å². The van der Waals surface area contributed by atoms with Gasteiger partial charge in [0.15, 0.2) is 0 Å². The van der Waals surface area contributed by atoms with Gasteiger partial charge < -0.3 is 4.52 Å². The highest BCUT2D eigenvalue weighted by atomic mass is 35.5. The molecule has 1 aromatic carbocycles. The first kappa shape index (κ1) is 11.2. The van der Waals surface area contributed by atoms with Crippen molar-refractivity contribution in [1.82, 2.24) is 10.1 Å². The standard InChI is InChI=1S/C12H7ClFN3O/c13-10-4-7(14)1-2-8(10)11-16-12(18-17-11)9-3-6(9)5-15/h1-2,4,6,9H,3H2. The zero-order valence-corrected chi connectivity index (χ0v) is 9.86. The molecule has 0 spiro atoms. The average molecular weight is 264 g/mol. The van der Waals surface area contributed by atoms with Gasteiger partial charge in [-0.3, -0.25) is 0 Å². The number of hydrogen-bond donors (Lipinski definition) is 0. The van der Waals surface area contributed by atoms with Crippen LogP contribution in [0.25, 0.3) is 11.4 Å². The van der Waals surface area contributed by atoms with E-state index in [9.17, 15) is 4.39 Å². The first-order valence-electron chi connectivity index (χ1n) is 5.37. The highest BCUT2D eigenvalue weighted by Gasteiger charge is 2.43. The number of rotatable bonds is 2. The SMILES string of the molecule is N#CC1CC1c1nc(-c2ccc(F)cc2Cl)no1. The Balaban J connectivity index is 1.92. The highest BCUT2D eigenvalue weighted by molar-refractivity contribution is 6.33. The number of nitriles is 1. The second-order valence-corrected chi connectivity index (χ2v) is 4.57. The monoisotopic (exact) mass is 263 g/mol. The molecule has 2 unspecified atom stereocenters. The van der Waals surface area contributed by atoms with Crippen LogP contribution < -0.4 is 0 Å². The second kappa shape index (κ2) is 4.07.